The lowest BCUT2D eigenvalue weighted by Crippen LogP contribution is -2.57. The molecule has 4 nitrogen and oxygen atoms in total. The van der Waals surface area contributed by atoms with Gasteiger partial charge in [-0.1, -0.05) is 0 Å². The van der Waals surface area contributed by atoms with E-state index in [4.69, 9.17) is 5.73 Å². The smallest absolute Gasteiger partial charge is 0.216 e. The number of rotatable bonds is 0. The van der Waals surface area contributed by atoms with Crippen LogP contribution in [0.5, 0.6) is 0 Å². The van der Waals surface area contributed by atoms with Crippen LogP contribution in [-0.4, -0.2) is 37.1 Å². The van der Waals surface area contributed by atoms with Gasteiger partial charge in [0.25, 0.3) is 0 Å². The van der Waals surface area contributed by atoms with Gasteiger partial charge in [0.2, 0.25) is 10.0 Å². The first-order valence-electron chi connectivity index (χ1n) is 4.21. The molecule has 0 bridgehead atoms. The van der Waals surface area contributed by atoms with Gasteiger partial charge in [-0.05, 0) is 19.3 Å². The zero-order valence-electron chi connectivity index (χ0n) is 7.16. The van der Waals surface area contributed by atoms with Crippen molar-refractivity contribution in [2.45, 2.75) is 30.8 Å². The van der Waals surface area contributed by atoms with E-state index < -0.39 is 10.0 Å². The molecule has 1 saturated heterocycles. The zero-order valence-corrected chi connectivity index (χ0v) is 7.97. The van der Waals surface area contributed by atoms with Crippen molar-refractivity contribution in [1.29, 1.82) is 0 Å². The number of nitrogens with two attached hydrogens (primary N) is 1. The summed E-state index contributed by atoms with van der Waals surface area (Å²) in [5.74, 6) is 0.128. The average molecular weight is 190 g/mol. The Labute approximate surface area is 72.8 Å². The molecule has 1 saturated carbocycles. The first kappa shape index (κ1) is 8.47. The van der Waals surface area contributed by atoms with Crippen molar-refractivity contribution in [3.8, 4) is 0 Å². The minimum absolute atomic E-state index is 0.128. The first-order valence-corrected chi connectivity index (χ1v) is 5.82. The summed E-state index contributed by atoms with van der Waals surface area (Å²) < 4.78 is 24.3. The Balaban J connectivity index is 2.38. The SMILES string of the molecule is CN1C2(CCC2)C(N)CS1(=O)=O. The number of likely N-dealkylation sites (N-methyl/N-ethyl adjacent to an activating group) is 1. The molecule has 70 valence electrons. The monoisotopic (exact) mass is 190 g/mol. The van der Waals surface area contributed by atoms with E-state index in [1.54, 1.807) is 7.05 Å². The third-order valence-corrected chi connectivity index (χ3v) is 5.32. The third kappa shape index (κ3) is 0.815. The average Bonchev–Trinajstić information content (AvgIpc) is 1.98. The lowest BCUT2D eigenvalue weighted by Gasteiger charge is -2.45. The quantitative estimate of drug-likeness (QED) is 0.560. The maximum Gasteiger partial charge on any atom is 0.216 e. The van der Waals surface area contributed by atoms with Crippen LogP contribution in [0, 0.1) is 0 Å². The van der Waals surface area contributed by atoms with Crippen LogP contribution in [-0.2, 0) is 10.0 Å². The minimum atomic E-state index is -3.03. The molecule has 2 N–H and O–H groups in total. The van der Waals surface area contributed by atoms with Gasteiger partial charge < -0.3 is 5.73 Å². The summed E-state index contributed by atoms with van der Waals surface area (Å²) in [5.41, 5.74) is 5.61. The molecule has 12 heavy (non-hydrogen) atoms. The zero-order chi connectivity index (χ0) is 8.98. The van der Waals surface area contributed by atoms with Crippen molar-refractivity contribution in [3.63, 3.8) is 0 Å². The molecule has 5 heteroatoms. The largest absolute Gasteiger partial charge is 0.325 e. The Bertz CT molecular complexity index is 295. The number of nitrogens with zero attached hydrogens (tertiary/aromatic N) is 1. The minimum Gasteiger partial charge on any atom is -0.325 e. The Kier molecular flexibility index (Phi) is 1.56. The Hall–Kier alpha value is -0.130. The Morgan fingerprint density at radius 1 is 1.50 bits per heavy atom. The van der Waals surface area contributed by atoms with Gasteiger partial charge in [0.15, 0.2) is 0 Å². The van der Waals surface area contributed by atoms with E-state index in [0.717, 1.165) is 19.3 Å². The highest BCUT2D eigenvalue weighted by atomic mass is 32.2. The van der Waals surface area contributed by atoms with E-state index in [0.29, 0.717) is 0 Å². The Morgan fingerprint density at radius 2 is 2.08 bits per heavy atom. The molecule has 2 aliphatic rings. The van der Waals surface area contributed by atoms with Crippen LogP contribution in [0.3, 0.4) is 0 Å². The van der Waals surface area contributed by atoms with Crippen LogP contribution in [0.2, 0.25) is 0 Å². The maximum atomic E-state index is 11.4. The maximum absolute atomic E-state index is 11.4. The van der Waals surface area contributed by atoms with Crippen molar-refractivity contribution in [2.75, 3.05) is 12.8 Å². The second kappa shape index (κ2) is 2.21. The first-order chi connectivity index (χ1) is 5.49. The molecule has 0 aromatic carbocycles. The van der Waals surface area contributed by atoms with Crippen molar-refractivity contribution < 1.29 is 8.42 Å². The van der Waals surface area contributed by atoms with Crippen LogP contribution in [0.4, 0.5) is 0 Å². The summed E-state index contributed by atoms with van der Waals surface area (Å²) in [6.45, 7) is 0. The van der Waals surface area contributed by atoms with Gasteiger partial charge in [-0.3, -0.25) is 0 Å². The van der Waals surface area contributed by atoms with Gasteiger partial charge in [0, 0.05) is 13.1 Å². The summed E-state index contributed by atoms with van der Waals surface area (Å²) in [7, 11) is -1.38. The second-order valence-electron chi connectivity index (χ2n) is 3.81. The predicted octanol–water partition coefficient (Wildman–Crippen LogP) is -0.488. The highest BCUT2D eigenvalue weighted by molar-refractivity contribution is 7.89. The van der Waals surface area contributed by atoms with Gasteiger partial charge in [-0.15, -0.1) is 0 Å². The third-order valence-electron chi connectivity index (χ3n) is 3.34. The van der Waals surface area contributed by atoms with Crippen molar-refractivity contribution in [2.24, 2.45) is 5.73 Å². The summed E-state index contributed by atoms with van der Waals surface area (Å²) in [4.78, 5) is 0. The second-order valence-corrected chi connectivity index (χ2v) is 5.85. The summed E-state index contributed by atoms with van der Waals surface area (Å²) >= 11 is 0. The molecule has 1 atom stereocenters. The summed E-state index contributed by atoms with van der Waals surface area (Å²) in [5, 5.41) is 0. The Morgan fingerprint density at radius 3 is 2.25 bits per heavy atom. The molecule has 0 aromatic rings. The van der Waals surface area contributed by atoms with E-state index >= 15 is 0 Å². The van der Waals surface area contributed by atoms with Crippen molar-refractivity contribution in [1.82, 2.24) is 4.31 Å². The van der Waals surface area contributed by atoms with Gasteiger partial charge >= 0.3 is 0 Å². The molecule has 1 unspecified atom stereocenters. The van der Waals surface area contributed by atoms with Crippen LogP contribution < -0.4 is 5.73 Å². The van der Waals surface area contributed by atoms with Crippen LogP contribution in [0.15, 0.2) is 0 Å². The molecule has 0 radical (unpaired) electrons. The summed E-state index contributed by atoms with van der Waals surface area (Å²) in [6, 6.07) is -0.179. The molecule has 1 heterocycles. The molecule has 1 aliphatic heterocycles. The van der Waals surface area contributed by atoms with E-state index in [-0.39, 0.29) is 17.3 Å². The van der Waals surface area contributed by atoms with Crippen LogP contribution in [0.25, 0.3) is 0 Å². The number of sulfonamides is 1. The molecular formula is C7H14N2O2S. The van der Waals surface area contributed by atoms with E-state index in [1.807, 2.05) is 0 Å². The highest BCUT2D eigenvalue weighted by Gasteiger charge is 2.56. The molecule has 2 fully saturated rings. The summed E-state index contributed by atoms with van der Waals surface area (Å²) in [6.07, 6.45) is 2.97. The lowest BCUT2D eigenvalue weighted by molar-refractivity contribution is 0.103. The molecule has 1 spiro atoms. The highest BCUT2D eigenvalue weighted by Crippen LogP contribution is 2.44. The standard InChI is InChI=1S/C7H14N2O2S/c1-9-7(3-2-4-7)6(8)5-12(9,10)11/h6H,2-5,8H2,1H3. The normalized spacial score (nSPS) is 38.3. The van der Waals surface area contributed by atoms with E-state index in [2.05, 4.69) is 0 Å². The van der Waals surface area contributed by atoms with Crippen molar-refractivity contribution >= 4 is 10.0 Å². The molecular weight excluding hydrogens is 176 g/mol. The van der Waals surface area contributed by atoms with Gasteiger partial charge in [-0.25, -0.2) is 8.42 Å². The van der Waals surface area contributed by atoms with Gasteiger partial charge in [-0.2, -0.15) is 4.31 Å². The fourth-order valence-corrected chi connectivity index (χ4v) is 4.09. The number of hydrogen-bond acceptors (Lipinski definition) is 3. The van der Waals surface area contributed by atoms with Crippen LogP contribution in [0.1, 0.15) is 19.3 Å². The fraction of sp³-hybridized carbons (Fsp3) is 1.00. The van der Waals surface area contributed by atoms with E-state index in [9.17, 15) is 8.42 Å². The van der Waals surface area contributed by atoms with Gasteiger partial charge in [0.1, 0.15) is 0 Å². The predicted molar refractivity (Wildman–Crippen MR) is 46.1 cm³/mol. The molecule has 2 rings (SSSR count). The molecule has 1 aliphatic carbocycles. The van der Waals surface area contributed by atoms with Crippen LogP contribution >= 0.6 is 0 Å². The fourth-order valence-electron chi connectivity index (χ4n) is 2.23. The van der Waals surface area contributed by atoms with E-state index in [1.165, 1.54) is 4.31 Å². The number of hydrogen-bond donors (Lipinski definition) is 1. The molecule has 0 amide bonds. The molecule has 0 aromatic heterocycles. The van der Waals surface area contributed by atoms with Crippen molar-refractivity contribution in [3.05, 3.63) is 0 Å². The topological polar surface area (TPSA) is 63.4 Å². The lowest BCUT2D eigenvalue weighted by atomic mass is 9.72. The van der Waals surface area contributed by atoms with Gasteiger partial charge in [0.05, 0.1) is 11.3 Å².